The van der Waals surface area contributed by atoms with Gasteiger partial charge in [0.1, 0.15) is 5.75 Å². The minimum atomic E-state index is -0.587. The molecule has 4 heteroatoms. The molecule has 0 aliphatic carbocycles. The van der Waals surface area contributed by atoms with Gasteiger partial charge >= 0.3 is 0 Å². The van der Waals surface area contributed by atoms with E-state index in [4.69, 9.17) is 16.3 Å². The second-order valence-corrected chi connectivity index (χ2v) is 5.19. The van der Waals surface area contributed by atoms with Crippen molar-refractivity contribution in [3.05, 3.63) is 59.1 Å². The number of anilines is 1. The van der Waals surface area contributed by atoms with E-state index in [0.29, 0.717) is 10.8 Å². The molecule has 1 N–H and O–H groups in total. The number of halogens is 1. The van der Waals surface area contributed by atoms with E-state index in [0.717, 1.165) is 12.1 Å². The van der Waals surface area contributed by atoms with E-state index >= 15 is 0 Å². The number of hydrogen-bond donors (Lipinski definition) is 1. The molecule has 1 atom stereocenters. The Kier molecular flexibility index (Phi) is 5.23. The van der Waals surface area contributed by atoms with Crippen LogP contribution in [0, 0.1) is 0 Å². The molecule has 0 unspecified atom stereocenters. The van der Waals surface area contributed by atoms with Crippen molar-refractivity contribution in [1.29, 1.82) is 0 Å². The molecule has 1 amide bonds. The summed E-state index contributed by atoms with van der Waals surface area (Å²) in [6, 6.07) is 14.7. The van der Waals surface area contributed by atoms with E-state index in [1.165, 1.54) is 5.56 Å². The van der Waals surface area contributed by atoms with Gasteiger partial charge in [0, 0.05) is 10.7 Å². The number of amides is 1. The van der Waals surface area contributed by atoms with E-state index in [1.807, 2.05) is 24.3 Å². The van der Waals surface area contributed by atoms with Gasteiger partial charge < -0.3 is 10.1 Å². The lowest BCUT2D eigenvalue weighted by molar-refractivity contribution is -0.122. The normalized spacial score (nSPS) is 11.8. The third-order valence-electron chi connectivity index (χ3n) is 3.10. The fourth-order valence-electron chi connectivity index (χ4n) is 1.88. The van der Waals surface area contributed by atoms with Crippen LogP contribution < -0.4 is 10.1 Å². The number of benzene rings is 2. The van der Waals surface area contributed by atoms with Crippen molar-refractivity contribution in [2.75, 3.05) is 5.32 Å². The van der Waals surface area contributed by atoms with Gasteiger partial charge in [-0.15, -0.1) is 0 Å². The number of nitrogens with one attached hydrogen (secondary N) is 1. The molecule has 0 aromatic heterocycles. The fraction of sp³-hybridized carbons (Fsp3) is 0.235. The van der Waals surface area contributed by atoms with Crippen LogP contribution in [0.25, 0.3) is 0 Å². The van der Waals surface area contributed by atoms with Crippen LogP contribution in [-0.2, 0) is 11.2 Å². The largest absolute Gasteiger partial charge is 0.481 e. The van der Waals surface area contributed by atoms with Crippen molar-refractivity contribution in [2.24, 2.45) is 0 Å². The van der Waals surface area contributed by atoms with Crippen LogP contribution in [0.1, 0.15) is 19.4 Å². The molecule has 0 heterocycles. The lowest BCUT2D eigenvalue weighted by Crippen LogP contribution is -2.30. The number of carbonyl (C=O) groups is 1. The van der Waals surface area contributed by atoms with E-state index in [-0.39, 0.29) is 5.91 Å². The quantitative estimate of drug-likeness (QED) is 0.894. The van der Waals surface area contributed by atoms with Crippen molar-refractivity contribution < 1.29 is 9.53 Å². The zero-order valence-electron chi connectivity index (χ0n) is 12.1. The van der Waals surface area contributed by atoms with Gasteiger partial charge in [0.15, 0.2) is 6.10 Å². The molecule has 0 saturated carbocycles. The van der Waals surface area contributed by atoms with E-state index in [1.54, 1.807) is 31.2 Å². The Balaban J connectivity index is 1.97. The second-order valence-electron chi connectivity index (χ2n) is 4.76. The number of carbonyl (C=O) groups excluding carboxylic acids is 1. The molecular weight excluding hydrogens is 286 g/mol. The third kappa shape index (κ3) is 4.50. The first-order valence-corrected chi connectivity index (χ1v) is 7.28. The molecule has 2 aromatic rings. The zero-order valence-corrected chi connectivity index (χ0v) is 12.9. The maximum absolute atomic E-state index is 12.1. The predicted octanol–water partition coefficient (Wildman–Crippen LogP) is 4.31. The molecule has 110 valence electrons. The molecule has 0 aliphatic rings. The molecule has 0 aliphatic heterocycles. The zero-order chi connectivity index (χ0) is 15.2. The van der Waals surface area contributed by atoms with Crippen LogP contribution in [0.4, 0.5) is 5.69 Å². The highest BCUT2D eigenvalue weighted by Crippen LogP contribution is 2.17. The highest BCUT2D eigenvalue weighted by atomic mass is 35.5. The average Bonchev–Trinajstić information content (AvgIpc) is 2.49. The van der Waals surface area contributed by atoms with Crippen LogP contribution in [0.3, 0.4) is 0 Å². The Hall–Kier alpha value is -2.00. The van der Waals surface area contributed by atoms with Gasteiger partial charge in [0.2, 0.25) is 0 Å². The van der Waals surface area contributed by atoms with Gasteiger partial charge in [0.25, 0.3) is 5.91 Å². The molecule has 2 aromatic carbocycles. The van der Waals surface area contributed by atoms with Gasteiger partial charge in [-0.3, -0.25) is 4.79 Å². The minimum absolute atomic E-state index is 0.182. The van der Waals surface area contributed by atoms with Gasteiger partial charge in [-0.2, -0.15) is 0 Å². The molecule has 2 rings (SSSR count). The van der Waals surface area contributed by atoms with Gasteiger partial charge in [-0.25, -0.2) is 0 Å². The van der Waals surface area contributed by atoms with Gasteiger partial charge in [0.05, 0.1) is 0 Å². The lowest BCUT2D eigenvalue weighted by Gasteiger charge is -2.15. The number of ether oxygens (including phenoxy) is 1. The lowest BCUT2D eigenvalue weighted by atomic mass is 10.1. The number of hydrogen-bond acceptors (Lipinski definition) is 2. The van der Waals surface area contributed by atoms with Crippen molar-refractivity contribution in [3.8, 4) is 5.75 Å². The first-order chi connectivity index (χ1) is 10.1. The smallest absolute Gasteiger partial charge is 0.265 e. The van der Waals surface area contributed by atoms with Crippen LogP contribution in [0.5, 0.6) is 5.75 Å². The summed E-state index contributed by atoms with van der Waals surface area (Å²) in [6.07, 6.45) is 0.344. The standard InChI is InChI=1S/C17H18ClNO2/c1-3-13-5-4-6-15(11-13)19-17(20)12(2)21-16-9-7-14(18)8-10-16/h4-12H,3H2,1-2H3,(H,19,20)/t12-/m0/s1. The summed E-state index contributed by atoms with van der Waals surface area (Å²) < 4.78 is 5.59. The Morgan fingerprint density at radius 1 is 1.24 bits per heavy atom. The van der Waals surface area contributed by atoms with E-state index in [2.05, 4.69) is 12.2 Å². The molecule has 0 fully saturated rings. The summed E-state index contributed by atoms with van der Waals surface area (Å²) in [5, 5.41) is 3.49. The Bertz CT molecular complexity index is 610. The Labute approximate surface area is 129 Å². The van der Waals surface area contributed by atoms with Crippen molar-refractivity contribution >= 4 is 23.2 Å². The maximum Gasteiger partial charge on any atom is 0.265 e. The number of aryl methyl sites for hydroxylation is 1. The minimum Gasteiger partial charge on any atom is -0.481 e. The predicted molar refractivity (Wildman–Crippen MR) is 86.0 cm³/mol. The summed E-state index contributed by atoms with van der Waals surface area (Å²) >= 11 is 5.81. The Morgan fingerprint density at radius 3 is 2.62 bits per heavy atom. The number of rotatable bonds is 5. The first kappa shape index (κ1) is 15.4. The van der Waals surface area contributed by atoms with Crippen molar-refractivity contribution in [3.63, 3.8) is 0 Å². The van der Waals surface area contributed by atoms with E-state index in [9.17, 15) is 4.79 Å². The summed E-state index contributed by atoms with van der Waals surface area (Å²) in [4.78, 5) is 12.1. The van der Waals surface area contributed by atoms with Crippen LogP contribution >= 0.6 is 11.6 Å². The molecule has 3 nitrogen and oxygen atoms in total. The molecular formula is C17H18ClNO2. The first-order valence-electron chi connectivity index (χ1n) is 6.90. The monoisotopic (exact) mass is 303 g/mol. The average molecular weight is 304 g/mol. The maximum atomic E-state index is 12.1. The second kappa shape index (κ2) is 7.14. The van der Waals surface area contributed by atoms with Crippen LogP contribution in [0.2, 0.25) is 5.02 Å². The summed E-state index contributed by atoms with van der Waals surface area (Å²) in [5.41, 5.74) is 1.96. The van der Waals surface area contributed by atoms with Crippen LogP contribution in [-0.4, -0.2) is 12.0 Å². The molecule has 0 radical (unpaired) electrons. The Morgan fingerprint density at radius 2 is 1.95 bits per heavy atom. The van der Waals surface area contributed by atoms with Gasteiger partial charge in [-0.05, 0) is 55.3 Å². The summed E-state index contributed by atoms with van der Waals surface area (Å²) in [7, 11) is 0. The van der Waals surface area contributed by atoms with Crippen LogP contribution in [0.15, 0.2) is 48.5 Å². The SMILES string of the molecule is CCc1cccc(NC(=O)[C@H](C)Oc2ccc(Cl)cc2)c1. The fourth-order valence-corrected chi connectivity index (χ4v) is 2.01. The van der Waals surface area contributed by atoms with E-state index < -0.39 is 6.10 Å². The third-order valence-corrected chi connectivity index (χ3v) is 3.35. The summed E-state index contributed by atoms with van der Waals surface area (Å²) in [5.74, 6) is 0.433. The highest BCUT2D eigenvalue weighted by Gasteiger charge is 2.14. The summed E-state index contributed by atoms with van der Waals surface area (Å²) in [6.45, 7) is 3.79. The van der Waals surface area contributed by atoms with Gasteiger partial charge in [-0.1, -0.05) is 30.7 Å². The molecule has 0 spiro atoms. The highest BCUT2D eigenvalue weighted by molar-refractivity contribution is 6.30. The molecule has 0 saturated heterocycles. The van der Waals surface area contributed by atoms with Crippen molar-refractivity contribution in [1.82, 2.24) is 0 Å². The topological polar surface area (TPSA) is 38.3 Å². The molecule has 21 heavy (non-hydrogen) atoms. The van der Waals surface area contributed by atoms with Crippen molar-refractivity contribution in [2.45, 2.75) is 26.4 Å². The molecule has 0 bridgehead atoms.